The van der Waals surface area contributed by atoms with Gasteiger partial charge in [-0.2, -0.15) is 0 Å². The van der Waals surface area contributed by atoms with Gasteiger partial charge in [0, 0.05) is 5.92 Å². The van der Waals surface area contributed by atoms with Crippen molar-refractivity contribution in [2.24, 2.45) is 11.7 Å². The lowest BCUT2D eigenvalue weighted by atomic mass is 9.82. The van der Waals surface area contributed by atoms with Crippen LogP contribution in [0.4, 0.5) is 11.5 Å². The normalized spacial score (nSPS) is 18.5. The highest BCUT2D eigenvalue weighted by atomic mass is 35.5. The van der Waals surface area contributed by atoms with Gasteiger partial charge in [0.25, 0.3) is 0 Å². The van der Waals surface area contributed by atoms with E-state index in [2.05, 4.69) is 15.6 Å². The molecule has 8 heteroatoms. The van der Waals surface area contributed by atoms with Crippen molar-refractivity contribution >= 4 is 48.1 Å². The van der Waals surface area contributed by atoms with E-state index in [9.17, 15) is 9.59 Å². The van der Waals surface area contributed by atoms with E-state index in [-0.39, 0.29) is 42.5 Å². The molecule has 0 aliphatic heterocycles. The summed E-state index contributed by atoms with van der Waals surface area (Å²) in [7, 11) is 0. The maximum atomic E-state index is 12.3. The number of hydrogen-bond donors (Lipinski definition) is 3. The molecule has 1 aromatic rings. The Hall–Kier alpha value is -1.37. The third-order valence-electron chi connectivity index (χ3n) is 4.42. The second-order valence-electron chi connectivity index (χ2n) is 6.37. The number of carbonyl (C=O) groups is 2. The molecule has 2 aliphatic rings. The van der Waals surface area contributed by atoms with E-state index < -0.39 is 5.54 Å². The molecule has 2 aliphatic carbocycles. The van der Waals surface area contributed by atoms with Crippen molar-refractivity contribution in [1.29, 1.82) is 0 Å². The standard InChI is InChI=1S/C16H22N4O2.2ClH/c17-16(8-2-1-3-9-16)15(22)19-12-6-7-13(18-10-12)20-14(21)11-4-5-11;;/h6-7,10-11H,1-5,8-9,17H2,(H,19,22)(H,18,20,21);2*1H. The second kappa shape index (κ2) is 8.65. The van der Waals surface area contributed by atoms with Gasteiger partial charge in [-0.05, 0) is 37.8 Å². The number of anilines is 2. The van der Waals surface area contributed by atoms with Gasteiger partial charge in [-0.3, -0.25) is 9.59 Å². The van der Waals surface area contributed by atoms with Crippen LogP contribution in [-0.4, -0.2) is 22.3 Å². The summed E-state index contributed by atoms with van der Waals surface area (Å²) in [6.45, 7) is 0. The van der Waals surface area contributed by atoms with Gasteiger partial charge < -0.3 is 16.4 Å². The zero-order valence-electron chi connectivity index (χ0n) is 13.4. The molecule has 1 aromatic heterocycles. The number of nitrogens with zero attached hydrogens (tertiary/aromatic N) is 1. The van der Waals surface area contributed by atoms with Gasteiger partial charge >= 0.3 is 0 Å². The molecule has 2 saturated carbocycles. The van der Waals surface area contributed by atoms with E-state index in [0.717, 1.165) is 44.9 Å². The lowest BCUT2D eigenvalue weighted by Gasteiger charge is -2.31. The maximum Gasteiger partial charge on any atom is 0.244 e. The van der Waals surface area contributed by atoms with Crippen LogP contribution < -0.4 is 16.4 Å². The molecule has 2 fully saturated rings. The molecule has 0 radical (unpaired) electrons. The Morgan fingerprint density at radius 2 is 1.75 bits per heavy atom. The van der Waals surface area contributed by atoms with Crippen molar-refractivity contribution in [2.75, 3.05) is 10.6 Å². The SMILES string of the molecule is Cl.Cl.NC1(C(=O)Nc2ccc(NC(=O)C3CC3)nc2)CCCCC1. The van der Waals surface area contributed by atoms with E-state index >= 15 is 0 Å². The van der Waals surface area contributed by atoms with Crippen LogP contribution in [-0.2, 0) is 9.59 Å². The molecular formula is C16H24Cl2N4O2. The maximum absolute atomic E-state index is 12.3. The summed E-state index contributed by atoms with van der Waals surface area (Å²) in [5.74, 6) is 0.524. The van der Waals surface area contributed by atoms with Crippen LogP contribution in [0, 0.1) is 5.92 Å². The summed E-state index contributed by atoms with van der Waals surface area (Å²) in [6.07, 6.45) is 8.04. The van der Waals surface area contributed by atoms with E-state index in [0.29, 0.717) is 11.5 Å². The Labute approximate surface area is 154 Å². The summed E-state index contributed by atoms with van der Waals surface area (Å²) < 4.78 is 0. The highest BCUT2D eigenvalue weighted by Gasteiger charge is 2.35. The predicted molar refractivity (Wildman–Crippen MR) is 98.7 cm³/mol. The third-order valence-corrected chi connectivity index (χ3v) is 4.42. The second-order valence-corrected chi connectivity index (χ2v) is 6.37. The quantitative estimate of drug-likeness (QED) is 0.754. The summed E-state index contributed by atoms with van der Waals surface area (Å²) >= 11 is 0. The van der Waals surface area contributed by atoms with Crippen LogP contribution in [0.25, 0.3) is 0 Å². The highest BCUT2D eigenvalue weighted by molar-refractivity contribution is 5.98. The molecule has 2 amide bonds. The van der Waals surface area contributed by atoms with Crippen LogP contribution >= 0.6 is 24.8 Å². The van der Waals surface area contributed by atoms with Gasteiger partial charge in [0.1, 0.15) is 5.82 Å². The first-order valence-electron chi connectivity index (χ1n) is 7.94. The molecule has 0 bridgehead atoms. The van der Waals surface area contributed by atoms with Gasteiger partial charge in [0.2, 0.25) is 11.8 Å². The topological polar surface area (TPSA) is 97.1 Å². The molecule has 0 atom stereocenters. The molecule has 3 rings (SSSR count). The third kappa shape index (κ3) is 5.06. The Morgan fingerprint density at radius 1 is 1.08 bits per heavy atom. The molecule has 0 spiro atoms. The Balaban J connectivity index is 0.00000144. The first kappa shape index (κ1) is 20.7. The number of aromatic nitrogens is 1. The van der Waals surface area contributed by atoms with E-state index in [1.807, 2.05) is 0 Å². The predicted octanol–water partition coefficient (Wildman–Crippen LogP) is 2.87. The number of pyridine rings is 1. The largest absolute Gasteiger partial charge is 0.323 e. The summed E-state index contributed by atoms with van der Waals surface area (Å²) in [4.78, 5) is 28.1. The van der Waals surface area contributed by atoms with Gasteiger partial charge in [-0.1, -0.05) is 19.3 Å². The molecule has 0 unspecified atom stereocenters. The average molecular weight is 375 g/mol. The fourth-order valence-corrected chi connectivity index (χ4v) is 2.78. The summed E-state index contributed by atoms with van der Waals surface area (Å²) in [5.41, 5.74) is 6.03. The van der Waals surface area contributed by atoms with Gasteiger partial charge in [0.15, 0.2) is 0 Å². The van der Waals surface area contributed by atoms with Crippen molar-refractivity contribution in [3.05, 3.63) is 18.3 Å². The fourth-order valence-electron chi connectivity index (χ4n) is 2.78. The first-order chi connectivity index (χ1) is 10.6. The van der Waals surface area contributed by atoms with Crippen LogP contribution in [0.1, 0.15) is 44.9 Å². The van der Waals surface area contributed by atoms with Crippen LogP contribution in [0.3, 0.4) is 0 Å². The van der Waals surface area contributed by atoms with Gasteiger partial charge in [0.05, 0.1) is 17.4 Å². The Kier molecular flexibility index (Phi) is 7.45. The molecular weight excluding hydrogens is 351 g/mol. The summed E-state index contributed by atoms with van der Waals surface area (Å²) in [5, 5.41) is 5.60. The fraction of sp³-hybridized carbons (Fsp3) is 0.562. The molecule has 1 heterocycles. The van der Waals surface area contributed by atoms with Crippen molar-refractivity contribution in [3.8, 4) is 0 Å². The Bertz CT molecular complexity index is 570. The number of halogens is 2. The highest BCUT2D eigenvalue weighted by Crippen LogP contribution is 2.30. The number of amides is 2. The van der Waals surface area contributed by atoms with Gasteiger partial charge in [-0.25, -0.2) is 4.98 Å². The van der Waals surface area contributed by atoms with E-state index in [1.165, 1.54) is 0 Å². The molecule has 6 nitrogen and oxygen atoms in total. The molecule has 4 N–H and O–H groups in total. The number of carbonyl (C=O) groups excluding carboxylic acids is 2. The van der Waals surface area contributed by atoms with Crippen LogP contribution in [0.5, 0.6) is 0 Å². The van der Waals surface area contributed by atoms with E-state index in [1.54, 1.807) is 18.3 Å². The summed E-state index contributed by atoms with van der Waals surface area (Å²) in [6, 6.07) is 3.43. The monoisotopic (exact) mass is 374 g/mol. The minimum Gasteiger partial charge on any atom is -0.323 e. The van der Waals surface area contributed by atoms with Gasteiger partial charge in [-0.15, -0.1) is 24.8 Å². The number of nitrogens with one attached hydrogen (secondary N) is 2. The van der Waals surface area contributed by atoms with E-state index in [4.69, 9.17) is 5.73 Å². The Morgan fingerprint density at radius 3 is 2.29 bits per heavy atom. The molecule has 134 valence electrons. The minimum atomic E-state index is -0.767. The molecule has 24 heavy (non-hydrogen) atoms. The smallest absolute Gasteiger partial charge is 0.244 e. The molecule has 0 saturated heterocycles. The number of hydrogen-bond acceptors (Lipinski definition) is 4. The van der Waals surface area contributed by atoms with Crippen molar-refractivity contribution < 1.29 is 9.59 Å². The van der Waals surface area contributed by atoms with Crippen molar-refractivity contribution in [1.82, 2.24) is 4.98 Å². The van der Waals surface area contributed by atoms with Crippen molar-refractivity contribution in [2.45, 2.75) is 50.5 Å². The lowest BCUT2D eigenvalue weighted by Crippen LogP contribution is -2.52. The molecule has 0 aromatic carbocycles. The van der Waals surface area contributed by atoms with Crippen LogP contribution in [0.15, 0.2) is 18.3 Å². The van der Waals surface area contributed by atoms with Crippen molar-refractivity contribution in [3.63, 3.8) is 0 Å². The lowest BCUT2D eigenvalue weighted by molar-refractivity contribution is -0.122. The number of rotatable bonds is 4. The average Bonchev–Trinajstić information content (AvgIpc) is 3.35. The number of nitrogens with two attached hydrogens (primary N) is 1. The first-order valence-corrected chi connectivity index (χ1v) is 7.94. The minimum absolute atomic E-state index is 0. The van der Waals surface area contributed by atoms with Crippen LogP contribution in [0.2, 0.25) is 0 Å². The zero-order valence-corrected chi connectivity index (χ0v) is 15.0. The zero-order chi connectivity index (χ0) is 15.6.